The summed E-state index contributed by atoms with van der Waals surface area (Å²) in [6, 6.07) is 9.56. The lowest BCUT2D eigenvalue weighted by atomic mass is 9.81. The Bertz CT molecular complexity index is 402. The molecule has 0 heterocycles. The predicted octanol–water partition coefficient (Wildman–Crippen LogP) is 2.56. The standard InChI is InChI=1S/C15H19NO2/c17-11-16-14-9-5-4-8-13(14)10-15(18)12-6-2-1-3-7-12/h1-3,6-7,11,13-14H,4-5,8-10H2,(H,16,17). The van der Waals surface area contributed by atoms with Gasteiger partial charge in [0.15, 0.2) is 5.78 Å². The zero-order valence-corrected chi connectivity index (χ0v) is 10.5. The lowest BCUT2D eigenvalue weighted by molar-refractivity contribution is -0.110. The molecule has 1 amide bonds. The Morgan fingerprint density at radius 3 is 2.67 bits per heavy atom. The molecule has 96 valence electrons. The molecule has 0 bridgehead atoms. The van der Waals surface area contributed by atoms with Crippen molar-refractivity contribution in [2.75, 3.05) is 0 Å². The molecule has 0 spiro atoms. The number of ketones is 1. The van der Waals surface area contributed by atoms with E-state index in [9.17, 15) is 9.59 Å². The number of hydrogen-bond acceptors (Lipinski definition) is 2. The molecule has 3 nitrogen and oxygen atoms in total. The molecular formula is C15H19NO2. The van der Waals surface area contributed by atoms with Crippen LogP contribution in [0.25, 0.3) is 0 Å². The quantitative estimate of drug-likeness (QED) is 0.640. The van der Waals surface area contributed by atoms with Crippen LogP contribution in [0.1, 0.15) is 42.5 Å². The van der Waals surface area contributed by atoms with Gasteiger partial charge in [0.25, 0.3) is 0 Å². The topological polar surface area (TPSA) is 46.2 Å². The summed E-state index contributed by atoms with van der Waals surface area (Å²) in [7, 11) is 0. The highest BCUT2D eigenvalue weighted by atomic mass is 16.1. The first-order valence-corrected chi connectivity index (χ1v) is 6.59. The minimum Gasteiger partial charge on any atom is -0.356 e. The highest BCUT2D eigenvalue weighted by Crippen LogP contribution is 2.28. The molecule has 2 atom stereocenters. The zero-order chi connectivity index (χ0) is 12.8. The van der Waals surface area contributed by atoms with E-state index in [4.69, 9.17) is 0 Å². The summed E-state index contributed by atoms with van der Waals surface area (Å²) < 4.78 is 0. The molecule has 1 fully saturated rings. The van der Waals surface area contributed by atoms with Crippen LogP contribution >= 0.6 is 0 Å². The van der Waals surface area contributed by atoms with Crippen molar-refractivity contribution < 1.29 is 9.59 Å². The van der Waals surface area contributed by atoms with Gasteiger partial charge in [0.2, 0.25) is 6.41 Å². The maximum absolute atomic E-state index is 12.1. The SMILES string of the molecule is O=CNC1CCCCC1CC(=O)c1ccccc1. The summed E-state index contributed by atoms with van der Waals surface area (Å²) in [6.07, 6.45) is 5.62. The maximum Gasteiger partial charge on any atom is 0.207 e. The lowest BCUT2D eigenvalue weighted by Gasteiger charge is -2.30. The fourth-order valence-corrected chi connectivity index (χ4v) is 2.74. The van der Waals surface area contributed by atoms with E-state index in [0.29, 0.717) is 6.42 Å². The molecule has 3 heteroatoms. The van der Waals surface area contributed by atoms with E-state index >= 15 is 0 Å². The second-order valence-corrected chi connectivity index (χ2v) is 4.93. The number of Topliss-reactive ketones (excluding diaryl/α,β-unsaturated/α-hetero) is 1. The van der Waals surface area contributed by atoms with Gasteiger partial charge in [-0.3, -0.25) is 9.59 Å². The summed E-state index contributed by atoms with van der Waals surface area (Å²) in [6.45, 7) is 0. The number of carbonyl (C=O) groups excluding carboxylic acids is 2. The molecule has 1 saturated carbocycles. The molecule has 1 N–H and O–H groups in total. The molecule has 2 rings (SSSR count). The highest BCUT2D eigenvalue weighted by Gasteiger charge is 2.26. The average Bonchev–Trinajstić information content (AvgIpc) is 2.42. The van der Waals surface area contributed by atoms with E-state index in [1.165, 1.54) is 0 Å². The van der Waals surface area contributed by atoms with Gasteiger partial charge in [-0.2, -0.15) is 0 Å². The number of carbonyl (C=O) groups is 2. The second-order valence-electron chi connectivity index (χ2n) is 4.93. The normalized spacial score (nSPS) is 23.3. The molecule has 1 aromatic carbocycles. The van der Waals surface area contributed by atoms with Gasteiger partial charge < -0.3 is 5.32 Å². The Balaban J connectivity index is 1.98. The van der Waals surface area contributed by atoms with Gasteiger partial charge in [-0.05, 0) is 18.8 Å². The molecule has 2 unspecified atom stereocenters. The summed E-state index contributed by atoms with van der Waals surface area (Å²) in [5.41, 5.74) is 0.771. The van der Waals surface area contributed by atoms with Crippen molar-refractivity contribution in [2.45, 2.75) is 38.1 Å². The lowest BCUT2D eigenvalue weighted by Crippen LogP contribution is -2.38. The molecule has 18 heavy (non-hydrogen) atoms. The van der Waals surface area contributed by atoms with Gasteiger partial charge in [0.1, 0.15) is 0 Å². The van der Waals surface area contributed by atoms with Crippen LogP contribution in [0.4, 0.5) is 0 Å². The van der Waals surface area contributed by atoms with Crippen molar-refractivity contribution >= 4 is 12.2 Å². The highest BCUT2D eigenvalue weighted by molar-refractivity contribution is 5.96. The van der Waals surface area contributed by atoms with E-state index in [1.54, 1.807) is 0 Å². The third-order valence-corrected chi connectivity index (χ3v) is 3.73. The second kappa shape index (κ2) is 6.34. The first-order chi connectivity index (χ1) is 8.81. The molecule has 1 aliphatic carbocycles. The van der Waals surface area contributed by atoms with Gasteiger partial charge in [-0.25, -0.2) is 0 Å². The van der Waals surface area contributed by atoms with Crippen molar-refractivity contribution in [3.05, 3.63) is 35.9 Å². The predicted molar refractivity (Wildman–Crippen MR) is 70.3 cm³/mol. The van der Waals surface area contributed by atoms with E-state index in [-0.39, 0.29) is 17.7 Å². The first kappa shape index (κ1) is 12.8. The molecule has 0 saturated heterocycles. The fraction of sp³-hybridized carbons (Fsp3) is 0.467. The van der Waals surface area contributed by atoms with Crippen LogP contribution in [0.5, 0.6) is 0 Å². The zero-order valence-electron chi connectivity index (χ0n) is 10.5. The van der Waals surface area contributed by atoms with Gasteiger partial charge >= 0.3 is 0 Å². The van der Waals surface area contributed by atoms with Crippen molar-refractivity contribution in [1.29, 1.82) is 0 Å². The number of nitrogens with one attached hydrogen (secondary N) is 1. The molecule has 0 radical (unpaired) electrons. The number of benzene rings is 1. The van der Waals surface area contributed by atoms with E-state index < -0.39 is 0 Å². The van der Waals surface area contributed by atoms with Crippen LogP contribution in [0.2, 0.25) is 0 Å². The number of amides is 1. The van der Waals surface area contributed by atoms with Crippen molar-refractivity contribution in [1.82, 2.24) is 5.32 Å². The summed E-state index contributed by atoms with van der Waals surface area (Å²) >= 11 is 0. The molecule has 0 aliphatic heterocycles. The maximum atomic E-state index is 12.1. The third kappa shape index (κ3) is 3.19. The Morgan fingerprint density at radius 1 is 1.22 bits per heavy atom. The summed E-state index contributed by atoms with van der Waals surface area (Å²) in [5, 5.41) is 2.86. The van der Waals surface area contributed by atoms with Crippen LogP contribution in [0.15, 0.2) is 30.3 Å². The monoisotopic (exact) mass is 245 g/mol. The smallest absolute Gasteiger partial charge is 0.207 e. The minimum atomic E-state index is 0.170. The number of hydrogen-bond donors (Lipinski definition) is 1. The van der Waals surface area contributed by atoms with Crippen molar-refractivity contribution in [2.24, 2.45) is 5.92 Å². The third-order valence-electron chi connectivity index (χ3n) is 3.73. The van der Waals surface area contributed by atoms with Crippen LogP contribution in [0, 0.1) is 5.92 Å². The molecule has 1 aliphatic rings. The Hall–Kier alpha value is -1.64. The van der Waals surface area contributed by atoms with E-state index in [2.05, 4.69) is 5.32 Å². The molecule has 0 aromatic heterocycles. The Morgan fingerprint density at radius 2 is 1.94 bits per heavy atom. The first-order valence-electron chi connectivity index (χ1n) is 6.59. The number of rotatable bonds is 5. The molecular weight excluding hydrogens is 226 g/mol. The van der Waals surface area contributed by atoms with Crippen LogP contribution in [-0.4, -0.2) is 18.2 Å². The van der Waals surface area contributed by atoms with Crippen molar-refractivity contribution in [3.8, 4) is 0 Å². The van der Waals surface area contributed by atoms with E-state index in [1.807, 2.05) is 30.3 Å². The van der Waals surface area contributed by atoms with Gasteiger partial charge in [0, 0.05) is 18.0 Å². The summed E-state index contributed by atoms with van der Waals surface area (Å²) in [4.78, 5) is 22.7. The molecule has 1 aromatic rings. The fourth-order valence-electron chi connectivity index (χ4n) is 2.74. The van der Waals surface area contributed by atoms with Gasteiger partial charge in [0.05, 0.1) is 0 Å². The van der Waals surface area contributed by atoms with Gasteiger partial charge in [-0.1, -0.05) is 43.2 Å². The van der Waals surface area contributed by atoms with E-state index in [0.717, 1.165) is 37.7 Å². The minimum absolute atomic E-state index is 0.170. The van der Waals surface area contributed by atoms with Crippen molar-refractivity contribution in [3.63, 3.8) is 0 Å². The van der Waals surface area contributed by atoms with Gasteiger partial charge in [-0.15, -0.1) is 0 Å². The van der Waals surface area contributed by atoms with Crippen LogP contribution in [0.3, 0.4) is 0 Å². The van der Waals surface area contributed by atoms with Crippen LogP contribution in [-0.2, 0) is 4.79 Å². The average molecular weight is 245 g/mol. The summed E-state index contributed by atoms with van der Waals surface area (Å²) in [5.74, 6) is 0.469. The Kier molecular flexibility index (Phi) is 4.51. The van der Waals surface area contributed by atoms with Crippen LogP contribution < -0.4 is 5.32 Å². The largest absolute Gasteiger partial charge is 0.356 e. The Labute approximate surface area is 108 Å².